The number of primary amides is 1. The summed E-state index contributed by atoms with van der Waals surface area (Å²) >= 11 is 0. The summed E-state index contributed by atoms with van der Waals surface area (Å²) in [6.45, 7) is 7.83. The zero-order valence-electron chi connectivity index (χ0n) is 19.8. The number of hydrogen-bond acceptors (Lipinski definition) is 4. The summed E-state index contributed by atoms with van der Waals surface area (Å²) in [5.74, 6) is 1.73. The second-order valence-electron chi connectivity index (χ2n) is 10.0. The molecule has 1 aromatic carbocycles. The van der Waals surface area contributed by atoms with Crippen LogP contribution in [0.25, 0.3) is 10.9 Å². The van der Waals surface area contributed by atoms with Crippen molar-refractivity contribution in [3.63, 3.8) is 0 Å². The normalized spacial score (nSPS) is 23.1. The van der Waals surface area contributed by atoms with Crippen molar-refractivity contribution < 1.29 is 9.53 Å². The Morgan fingerprint density at radius 3 is 2.38 bits per heavy atom. The SMILES string of the molecule is CC(C)[C@H]1CC[C@@H](N2CCC(n3c(CCOC(N)=O)c(CN)c4ccccc43)CC2)CC1. The van der Waals surface area contributed by atoms with Gasteiger partial charge in [-0.3, -0.25) is 0 Å². The number of likely N-dealkylation sites (tertiary alicyclic amines) is 1. The number of nitrogens with zero attached hydrogens (tertiary/aromatic N) is 2. The van der Waals surface area contributed by atoms with Crippen LogP contribution in [-0.2, 0) is 17.7 Å². The molecule has 0 spiro atoms. The smallest absolute Gasteiger partial charge is 0.404 e. The molecule has 0 atom stereocenters. The molecular weight excluding hydrogens is 400 g/mol. The van der Waals surface area contributed by atoms with Crippen LogP contribution < -0.4 is 11.5 Å². The van der Waals surface area contributed by atoms with Crippen molar-refractivity contribution in [2.75, 3.05) is 19.7 Å². The number of benzene rings is 1. The number of nitrogens with two attached hydrogens (primary N) is 2. The van der Waals surface area contributed by atoms with Gasteiger partial charge in [-0.1, -0.05) is 32.0 Å². The average molecular weight is 441 g/mol. The Labute approximate surface area is 192 Å². The van der Waals surface area contributed by atoms with E-state index in [0.717, 1.165) is 43.8 Å². The zero-order chi connectivity index (χ0) is 22.7. The number of fused-ring (bicyclic) bond motifs is 1. The lowest BCUT2D eigenvalue weighted by Gasteiger charge is -2.42. The second kappa shape index (κ2) is 10.3. The Hall–Kier alpha value is -2.05. The van der Waals surface area contributed by atoms with Crippen molar-refractivity contribution in [1.82, 2.24) is 9.47 Å². The highest BCUT2D eigenvalue weighted by molar-refractivity contribution is 5.85. The first-order valence-corrected chi connectivity index (χ1v) is 12.5. The minimum absolute atomic E-state index is 0.288. The number of ether oxygens (including phenoxy) is 1. The fourth-order valence-electron chi connectivity index (χ4n) is 6.19. The minimum atomic E-state index is -0.720. The molecule has 1 saturated heterocycles. The third-order valence-electron chi connectivity index (χ3n) is 7.98. The van der Waals surface area contributed by atoms with Gasteiger partial charge in [-0.05, 0) is 62.0 Å². The predicted molar refractivity (Wildman–Crippen MR) is 129 cm³/mol. The highest BCUT2D eigenvalue weighted by Crippen LogP contribution is 2.37. The Morgan fingerprint density at radius 2 is 1.75 bits per heavy atom. The molecule has 2 fully saturated rings. The fraction of sp³-hybridized carbons (Fsp3) is 0.654. The molecule has 1 aliphatic carbocycles. The van der Waals surface area contributed by atoms with E-state index in [0.29, 0.717) is 19.0 Å². The summed E-state index contributed by atoms with van der Waals surface area (Å²) in [4.78, 5) is 13.9. The van der Waals surface area contributed by atoms with Gasteiger partial charge in [-0.15, -0.1) is 0 Å². The largest absolute Gasteiger partial charge is 0.449 e. The first kappa shape index (κ1) is 23.1. The van der Waals surface area contributed by atoms with Crippen molar-refractivity contribution in [2.45, 2.75) is 77.4 Å². The maximum absolute atomic E-state index is 11.1. The number of carbonyl (C=O) groups excluding carboxylic acids is 1. The molecule has 2 aromatic rings. The predicted octanol–water partition coefficient (Wildman–Crippen LogP) is 4.59. The number of carbonyl (C=O) groups is 1. The number of amides is 1. The molecule has 32 heavy (non-hydrogen) atoms. The lowest BCUT2D eigenvalue weighted by molar-refractivity contribution is 0.0887. The lowest BCUT2D eigenvalue weighted by atomic mass is 9.79. The third-order valence-corrected chi connectivity index (χ3v) is 7.98. The average Bonchev–Trinajstić information content (AvgIpc) is 3.12. The number of para-hydroxylation sites is 1. The van der Waals surface area contributed by atoms with Gasteiger partial charge in [-0.25, -0.2) is 4.79 Å². The van der Waals surface area contributed by atoms with Crippen molar-refractivity contribution >= 4 is 17.0 Å². The second-order valence-corrected chi connectivity index (χ2v) is 10.0. The van der Waals surface area contributed by atoms with Gasteiger partial charge in [0.05, 0.1) is 6.61 Å². The summed E-state index contributed by atoms with van der Waals surface area (Å²) in [5, 5.41) is 1.22. The van der Waals surface area contributed by atoms with Gasteiger partial charge in [-0.2, -0.15) is 0 Å². The van der Waals surface area contributed by atoms with Crippen molar-refractivity contribution in [2.24, 2.45) is 23.3 Å². The number of rotatable bonds is 7. The van der Waals surface area contributed by atoms with Crippen molar-refractivity contribution in [3.8, 4) is 0 Å². The molecule has 0 unspecified atom stereocenters. The molecule has 0 radical (unpaired) electrons. The van der Waals surface area contributed by atoms with Gasteiger partial charge >= 0.3 is 6.09 Å². The summed E-state index contributed by atoms with van der Waals surface area (Å²) in [5.41, 5.74) is 15.0. The molecule has 2 heterocycles. The van der Waals surface area contributed by atoms with Gasteiger partial charge < -0.3 is 25.7 Å². The molecule has 4 N–H and O–H groups in total. The molecule has 1 aromatic heterocycles. The van der Waals surface area contributed by atoms with E-state index in [2.05, 4.69) is 47.6 Å². The lowest BCUT2D eigenvalue weighted by Crippen LogP contribution is -2.44. The van der Waals surface area contributed by atoms with Gasteiger partial charge in [0.1, 0.15) is 0 Å². The van der Waals surface area contributed by atoms with E-state index in [1.165, 1.54) is 47.8 Å². The van der Waals surface area contributed by atoms with Gasteiger partial charge in [0.25, 0.3) is 0 Å². The van der Waals surface area contributed by atoms with Crippen LogP contribution in [0.5, 0.6) is 0 Å². The van der Waals surface area contributed by atoms with Crippen LogP contribution in [0.15, 0.2) is 24.3 Å². The molecule has 6 nitrogen and oxygen atoms in total. The Kier molecular flexibility index (Phi) is 7.41. The molecule has 176 valence electrons. The topological polar surface area (TPSA) is 86.5 Å². The van der Waals surface area contributed by atoms with E-state index in [-0.39, 0.29) is 6.61 Å². The Morgan fingerprint density at radius 1 is 1.06 bits per heavy atom. The van der Waals surface area contributed by atoms with E-state index in [1.807, 2.05) is 0 Å². The summed E-state index contributed by atoms with van der Waals surface area (Å²) in [7, 11) is 0. The van der Waals surface area contributed by atoms with Crippen LogP contribution in [0.3, 0.4) is 0 Å². The van der Waals surface area contributed by atoms with Gasteiger partial charge in [0, 0.05) is 54.7 Å². The maximum Gasteiger partial charge on any atom is 0.404 e. The van der Waals surface area contributed by atoms with Crippen LogP contribution in [0, 0.1) is 11.8 Å². The number of piperidine rings is 1. The molecule has 2 aliphatic rings. The molecule has 6 heteroatoms. The molecule has 1 saturated carbocycles. The standard InChI is InChI=1S/C26H40N4O2/c1-18(2)19-7-9-20(10-8-19)29-14-11-21(12-15-29)30-24-6-4-3-5-22(24)23(17-27)25(30)13-16-32-26(28)31/h3-6,18-21H,7-17,27H2,1-2H3,(H2,28,31)/t19-,20+. The molecule has 0 bridgehead atoms. The molecule has 1 aliphatic heterocycles. The molecule has 4 rings (SSSR count). The monoisotopic (exact) mass is 440 g/mol. The number of hydrogen-bond donors (Lipinski definition) is 2. The minimum Gasteiger partial charge on any atom is -0.449 e. The van der Waals surface area contributed by atoms with E-state index in [1.54, 1.807) is 0 Å². The van der Waals surface area contributed by atoms with E-state index in [4.69, 9.17) is 16.2 Å². The Bertz CT molecular complexity index is 906. The number of aromatic nitrogens is 1. The highest BCUT2D eigenvalue weighted by Gasteiger charge is 2.31. The van der Waals surface area contributed by atoms with E-state index >= 15 is 0 Å². The van der Waals surface area contributed by atoms with E-state index < -0.39 is 6.09 Å². The van der Waals surface area contributed by atoms with Gasteiger partial charge in [0.15, 0.2) is 0 Å². The highest BCUT2D eigenvalue weighted by atomic mass is 16.5. The summed E-state index contributed by atoms with van der Waals surface area (Å²) in [6.07, 6.45) is 7.70. The maximum atomic E-state index is 11.1. The Balaban J connectivity index is 1.49. The summed E-state index contributed by atoms with van der Waals surface area (Å²) < 4.78 is 7.58. The zero-order valence-corrected chi connectivity index (χ0v) is 19.8. The fourth-order valence-corrected chi connectivity index (χ4v) is 6.19. The van der Waals surface area contributed by atoms with E-state index in [9.17, 15) is 4.79 Å². The first-order valence-electron chi connectivity index (χ1n) is 12.5. The van der Waals surface area contributed by atoms with Crippen LogP contribution in [0.2, 0.25) is 0 Å². The third kappa shape index (κ3) is 4.81. The van der Waals surface area contributed by atoms with Crippen molar-refractivity contribution in [1.29, 1.82) is 0 Å². The van der Waals surface area contributed by atoms with Crippen LogP contribution in [0.4, 0.5) is 4.79 Å². The van der Waals surface area contributed by atoms with Crippen LogP contribution in [0.1, 0.15) is 69.7 Å². The van der Waals surface area contributed by atoms with Crippen molar-refractivity contribution in [3.05, 3.63) is 35.5 Å². The first-order chi connectivity index (χ1) is 15.5. The van der Waals surface area contributed by atoms with Crippen LogP contribution >= 0.6 is 0 Å². The molecular formula is C26H40N4O2. The quantitative estimate of drug-likeness (QED) is 0.659. The van der Waals surface area contributed by atoms with Crippen LogP contribution in [-0.4, -0.2) is 41.3 Å². The molecule has 1 amide bonds. The van der Waals surface area contributed by atoms with Gasteiger partial charge in [0.2, 0.25) is 0 Å². The summed E-state index contributed by atoms with van der Waals surface area (Å²) in [6, 6.07) is 9.75.